The number of carbonyl (C=O) groups is 2. The van der Waals surface area contributed by atoms with E-state index < -0.39 is 6.04 Å². The standard InChI is InChI=1S/C17H27N5O2/c1-3-7-19-17(24)14(2)20-16(23)13-21-9-11-22(12-10-21)15-6-4-5-8-18-15/h4-6,8,14H,3,7,9-13H2,1-2H3,(H,19,24)(H,20,23)/p+2/t14-/m0/s1. The highest BCUT2D eigenvalue weighted by Crippen LogP contribution is 2.04. The molecule has 7 nitrogen and oxygen atoms in total. The fraction of sp³-hybridized carbons (Fsp3) is 0.588. The highest BCUT2D eigenvalue weighted by Gasteiger charge is 2.27. The molecular weight excluding hydrogens is 306 g/mol. The molecule has 4 N–H and O–H groups in total. The summed E-state index contributed by atoms with van der Waals surface area (Å²) in [5.74, 6) is 0.927. The van der Waals surface area contributed by atoms with Crippen molar-refractivity contribution in [2.45, 2.75) is 26.3 Å². The Morgan fingerprint density at radius 1 is 1.33 bits per heavy atom. The summed E-state index contributed by atoms with van der Waals surface area (Å²) in [6.45, 7) is 8.42. The van der Waals surface area contributed by atoms with Crippen molar-refractivity contribution in [1.29, 1.82) is 0 Å². The van der Waals surface area contributed by atoms with Gasteiger partial charge in [-0.05, 0) is 19.4 Å². The van der Waals surface area contributed by atoms with E-state index in [1.165, 1.54) is 4.90 Å². The quantitative estimate of drug-likeness (QED) is 0.552. The summed E-state index contributed by atoms with van der Waals surface area (Å²) in [6.07, 6.45) is 2.81. The summed E-state index contributed by atoms with van der Waals surface area (Å²) in [6, 6.07) is 5.56. The Morgan fingerprint density at radius 2 is 2.08 bits per heavy atom. The number of hydrogen-bond donors (Lipinski definition) is 3. The third-order valence-corrected chi connectivity index (χ3v) is 4.23. The van der Waals surface area contributed by atoms with Crippen LogP contribution in [0.1, 0.15) is 20.3 Å². The molecule has 2 rings (SSSR count). The summed E-state index contributed by atoms with van der Waals surface area (Å²) in [4.78, 5) is 30.7. The second-order valence-electron chi connectivity index (χ2n) is 6.24. The van der Waals surface area contributed by atoms with Crippen LogP contribution in [0.2, 0.25) is 0 Å². The van der Waals surface area contributed by atoms with Crippen LogP contribution >= 0.6 is 0 Å². The van der Waals surface area contributed by atoms with E-state index in [-0.39, 0.29) is 11.8 Å². The second-order valence-corrected chi connectivity index (χ2v) is 6.24. The molecule has 24 heavy (non-hydrogen) atoms. The fourth-order valence-electron chi connectivity index (χ4n) is 2.81. The minimum atomic E-state index is -0.483. The van der Waals surface area contributed by atoms with Gasteiger partial charge in [0.05, 0.1) is 6.20 Å². The number of H-pyrrole nitrogens is 1. The fourth-order valence-corrected chi connectivity index (χ4v) is 2.81. The van der Waals surface area contributed by atoms with Crippen LogP contribution in [0.25, 0.3) is 0 Å². The van der Waals surface area contributed by atoms with Crippen molar-refractivity contribution < 1.29 is 19.5 Å². The average molecular weight is 335 g/mol. The summed E-state index contributed by atoms with van der Waals surface area (Å²) >= 11 is 0. The lowest BCUT2D eigenvalue weighted by atomic mass is 10.2. The van der Waals surface area contributed by atoms with Gasteiger partial charge >= 0.3 is 0 Å². The number of aromatic nitrogens is 1. The highest BCUT2D eigenvalue weighted by molar-refractivity contribution is 5.87. The first-order valence-corrected chi connectivity index (χ1v) is 8.72. The number of anilines is 1. The van der Waals surface area contributed by atoms with Gasteiger partial charge in [0.25, 0.3) is 11.7 Å². The number of amides is 2. The van der Waals surface area contributed by atoms with Gasteiger partial charge in [0.2, 0.25) is 5.91 Å². The number of aromatic amines is 1. The largest absolute Gasteiger partial charge is 0.354 e. The SMILES string of the molecule is CCCNC(=O)[C@H](C)NC(=O)C[NH+]1CCN(c2cccc[nH+]2)CC1. The van der Waals surface area contributed by atoms with Gasteiger partial charge in [0.15, 0.2) is 6.54 Å². The number of nitrogens with zero attached hydrogens (tertiary/aromatic N) is 1. The maximum Gasteiger partial charge on any atom is 0.275 e. The van der Waals surface area contributed by atoms with Gasteiger partial charge in [-0.3, -0.25) is 14.5 Å². The lowest BCUT2D eigenvalue weighted by Gasteiger charge is -2.28. The second kappa shape index (κ2) is 9.22. The van der Waals surface area contributed by atoms with E-state index >= 15 is 0 Å². The summed E-state index contributed by atoms with van der Waals surface area (Å²) in [5, 5.41) is 5.58. The third kappa shape index (κ3) is 5.49. The lowest BCUT2D eigenvalue weighted by molar-refractivity contribution is -0.892. The lowest BCUT2D eigenvalue weighted by Crippen LogP contribution is -3.16. The molecule has 1 saturated heterocycles. The predicted octanol–water partition coefficient (Wildman–Crippen LogP) is -1.76. The van der Waals surface area contributed by atoms with E-state index in [4.69, 9.17) is 0 Å². The summed E-state index contributed by atoms with van der Waals surface area (Å²) in [5.41, 5.74) is 0. The normalized spacial score (nSPS) is 16.5. The van der Waals surface area contributed by atoms with Gasteiger partial charge in [-0.1, -0.05) is 13.0 Å². The average Bonchev–Trinajstić information content (AvgIpc) is 2.61. The van der Waals surface area contributed by atoms with Crippen LogP contribution in [0, 0.1) is 0 Å². The molecule has 1 aromatic rings. The van der Waals surface area contributed by atoms with Crippen LogP contribution in [-0.2, 0) is 9.59 Å². The third-order valence-electron chi connectivity index (χ3n) is 4.23. The maximum absolute atomic E-state index is 12.1. The van der Waals surface area contributed by atoms with Crippen molar-refractivity contribution in [2.24, 2.45) is 0 Å². The first-order chi connectivity index (χ1) is 11.6. The van der Waals surface area contributed by atoms with E-state index in [1.807, 2.05) is 25.3 Å². The number of piperazine rings is 1. The molecule has 1 aliphatic heterocycles. The molecule has 0 aromatic carbocycles. The van der Waals surface area contributed by atoms with E-state index in [2.05, 4.69) is 26.6 Å². The van der Waals surface area contributed by atoms with Crippen LogP contribution in [-0.4, -0.2) is 57.1 Å². The molecule has 1 atom stereocenters. The Bertz CT molecular complexity index is 529. The monoisotopic (exact) mass is 335 g/mol. The summed E-state index contributed by atoms with van der Waals surface area (Å²) < 4.78 is 0. The molecule has 7 heteroatoms. The highest BCUT2D eigenvalue weighted by atomic mass is 16.2. The molecule has 132 valence electrons. The van der Waals surface area contributed by atoms with Crippen molar-refractivity contribution in [2.75, 3.05) is 44.2 Å². The Balaban J connectivity index is 1.71. The molecule has 1 aliphatic rings. The van der Waals surface area contributed by atoms with Crippen LogP contribution in [0.4, 0.5) is 5.82 Å². The number of rotatable bonds is 7. The Hall–Kier alpha value is -2.15. The van der Waals surface area contributed by atoms with E-state index in [9.17, 15) is 9.59 Å². The van der Waals surface area contributed by atoms with Crippen molar-refractivity contribution in [3.05, 3.63) is 24.4 Å². The molecule has 0 unspecified atom stereocenters. The Labute approximate surface area is 143 Å². The van der Waals surface area contributed by atoms with Gasteiger partial charge in [-0.15, -0.1) is 0 Å². The molecule has 1 fully saturated rings. The van der Waals surface area contributed by atoms with Crippen LogP contribution < -0.4 is 25.4 Å². The van der Waals surface area contributed by atoms with Crippen LogP contribution in [0.5, 0.6) is 0 Å². The number of hydrogen-bond acceptors (Lipinski definition) is 3. The van der Waals surface area contributed by atoms with Crippen molar-refractivity contribution in [1.82, 2.24) is 10.6 Å². The molecular formula is C17H29N5O2+2. The van der Waals surface area contributed by atoms with Gasteiger partial charge in [-0.25, -0.2) is 4.98 Å². The molecule has 2 heterocycles. The Morgan fingerprint density at radius 3 is 2.71 bits per heavy atom. The molecule has 0 radical (unpaired) electrons. The van der Waals surface area contributed by atoms with E-state index in [0.717, 1.165) is 38.4 Å². The molecule has 0 saturated carbocycles. The topological polar surface area (TPSA) is 80.0 Å². The van der Waals surface area contributed by atoms with Gasteiger partial charge in [0, 0.05) is 12.6 Å². The number of quaternary nitrogens is 1. The van der Waals surface area contributed by atoms with E-state index in [0.29, 0.717) is 13.1 Å². The first-order valence-electron chi connectivity index (χ1n) is 8.72. The molecule has 2 amide bonds. The maximum atomic E-state index is 12.1. The van der Waals surface area contributed by atoms with Crippen molar-refractivity contribution in [3.63, 3.8) is 0 Å². The van der Waals surface area contributed by atoms with Gasteiger partial charge < -0.3 is 15.5 Å². The zero-order valence-corrected chi connectivity index (χ0v) is 14.6. The Kier molecular flexibility index (Phi) is 6.99. The zero-order valence-electron chi connectivity index (χ0n) is 14.6. The molecule has 0 bridgehead atoms. The molecule has 1 aromatic heterocycles. The molecule has 0 aliphatic carbocycles. The van der Waals surface area contributed by atoms with Gasteiger partial charge in [-0.2, -0.15) is 0 Å². The zero-order chi connectivity index (χ0) is 17.4. The van der Waals surface area contributed by atoms with Crippen LogP contribution in [0.3, 0.4) is 0 Å². The van der Waals surface area contributed by atoms with Crippen molar-refractivity contribution in [3.8, 4) is 0 Å². The minimum absolute atomic E-state index is 0.0659. The minimum Gasteiger partial charge on any atom is -0.354 e. The first kappa shape index (κ1) is 18.2. The summed E-state index contributed by atoms with van der Waals surface area (Å²) in [7, 11) is 0. The number of nitrogens with one attached hydrogen (secondary N) is 4. The number of carbonyl (C=O) groups excluding carboxylic acids is 2. The number of pyridine rings is 1. The van der Waals surface area contributed by atoms with Gasteiger partial charge in [0.1, 0.15) is 32.2 Å². The smallest absolute Gasteiger partial charge is 0.275 e. The van der Waals surface area contributed by atoms with E-state index in [1.54, 1.807) is 6.92 Å². The predicted molar refractivity (Wildman–Crippen MR) is 91.7 cm³/mol. The van der Waals surface area contributed by atoms with Crippen molar-refractivity contribution >= 4 is 17.6 Å². The van der Waals surface area contributed by atoms with Crippen LogP contribution in [0.15, 0.2) is 24.4 Å². The molecule has 0 spiro atoms.